The van der Waals surface area contributed by atoms with Crippen LogP contribution in [0.4, 0.5) is 5.69 Å². The van der Waals surface area contributed by atoms with Crippen molar-refractivity contribution >= 4 is 17.6 Å². The molecule has 0 aliphatic heterocycles. The summed E-state index contributed by atoms with van der Waals surface area (Å²) in [6.45, 7) is 2.20. The lowest BCUT2D eigenvalue weighted by atomic mass is 10.1. The highest BCUT2D eigenvalue weighted by Gasteiger charge is 2.05. The zero-order valence-corrected chi connectivity index (χ0v) is 13.8. The molecule has 1 heterocycles. The molecule has 0 saturated heterocycles. The van der Waals surface area contributed by atoms with Crippen molar-refractivity contribution in [2.24, 2.45) is 0 Å². The summed E-state index contributed by atoms with van der Waals surface area (Å²) in [6, 6.07) is 11.3. The number of carbonyl (C=O) groups excluding carboxylic acids is 2. The standard InChI is InChI=1S/C19H22N2O3/c1-2-24-19(23)10-6-15-3-7-17(8-4-15)21-18(22)9-5-16-11-13-20-14-12-16/h3-4,7-8,11-14H,2,5-6,9-10H2,1H3,(H,21,22). The van der Waals surface area contributed by atoms with Crippen molar-refractivity contribution in [2.45, 2.75) is 32.6 Å². The summed E-state index contributed by atoms with van der Waals surface area (Å²) in [4.78, 5) is 27.3. The Balaban J connectivity index is 1.76. The van der Waals surface area contributed by atoms with Gasteiger partial charge in [0, 0.05) is 30.9 Å². The minimum absolute atomic E-state index is 0.0221. The highest BCUT2D eigenvalue weighted by molar-refractivity contribution is 5.90. The molecule has 0 unspecified atom stereocenters. The lowest BCUT2D eigenvalue weighted by Gasteiger charge is -2.07. The van der Waals surface area contributed by atoms with E-state index in [0.29, 0.717) is 32.3 Å². The maximum Gasteiger partial charge on any atom is 0.306 e. The quantitative estimate of drug-likeness (QED) is 0.757. The minimum atomic E-state index is -0.189. The predicted molar refractivity (Wildman–Crippen MR) is 92.6 cm³/mol. The van der Waals surface area contributed by atoms with Crippen LogP contribution in [0, 0.1) is 0 Å². The van der Waals surface area contributed by atoms with Gasteiger partial charge in [-0.25, -0.2) is 0 Å². The van der Waals surface area contributed by atoms with Gasteiger partial charge in [-0.05, 0) is 55.2 Å². The maximum absolute atomic E-state index is 12.0. The monoisotopic (exact) mass is 326 g/mol. The Bertz CT molecular complexity index is 654. The average Bonchev–Trinajstić information content (AvgIpc) is 2.60. The van der Waals surface area contributed by atoms with Crippen molar-refractivity contribution < 1.29 is 14.3 Å². The Labute approximate surface area is 142 Å². The van der Waals surface area contributed by atoms with E-state index in [4.69, 9.17) is 4.74 Å². The number of hydrogen-bond acceptors (Lipinski definition) is 4. The summed E-state index contributed by atoms with van der Waals surface area (Å²) >= 11 is 0. The van der Waals surface area contributed by atoms with Gasteiger partial charge in [-0.2, -0.15) is 0 Å². The largest absolute Gasteiger partial charge is 0.466 e. The van der Waals surface area contributed by atoms with Gasteiger partial charge in [-0.1, -0.05) is 12.1 Å². The summed E-state index contributed by atoms with van der Waals surface area (Å²) in [5.41, 5.74) is 2.89. The number of anilines is 1. The molecule has 126 valence electrons. The van der Waals surface area contributed by atoms with Crippen molar-refractivity contribution in [3.05, 3.63) is 59.9 Å². The third-order valence-corrected chi connectivity index (χ3v) is 3.55. The Morgan fingerprint density at radius 1 is 0.958 bits per heavy atom. The van der Waals surface area contributed by atoms with E-state index in [1.807, 2.05) is 36.4 Å². The second kappa shape index (κ2) is 9.45. The Hall–Kier alpha value is -2.69. The van der Waals surface area contributed by atoms with Crippen LogP contribution in [0.25, 0.3) is 0 Å². The third-order valence-electron chi connectivity index (χ3n) is 3.55. The molecule has 0 fully saturated rings. The fourth-order valence-electron chi connectivity index (χ4n) is 2.27. The Morgan fingerprint density at radius 2 is 1.58 bits per heavy atom. The molecule has 2 rings (SSSR count). The summed E-state index contributed by atoms with van der Waals surface area (Å²) in [7, 11) is 0. The first kappa shape index (κ1) is 17.7. The Kier molecular flexibility index (Phi) is 6.95. The molecule has 0 saturated carbocycles. The van der Waals surface area contributed by atoms with Gasteiger partial charge in [-0.15, -0.1) is 0 Å². The highest BCUT2D eigenvalue weighted by Crippen LogP contribution is 2.12. The first-order chi connectivity index (χ1) is 11.7. The van der Waals surface area contributed by atoms with Crippen LogP contribution in [0.15, 0.2) is 48.8 Å². The van der Waals surface area contributed by atoms with Gasteiger partial charge in [0.1, 0.15) is 0 Å². The molecule has 2 aromatic rings. The van der Waals surface area contributed by atoms with E-state index >= 15 is 0 Å². The Morgan fingerprint density at radius 3 is 2.25 bits per heavy atom. The van der Waals surface area contributed by atoms with E-state index < -0.39 is 0 Å². The van der Waals surface area contributed by atoms with E-state index in [2.05, 4.69) is 10.3 Å². The van der Waals surface area contributed by atoms with Crippen LogP contribution in [0.3, 0.4) is 0 Å². The van der Waals surface area contributed by atoms with Crippen molar-refractivity contribution in [1.29, 1.82) is 0 Å². The van der Waals surface area contributed by atoms with Crippen LogP contribution in [0.5, 0.6) is 0 Å². The first-order valence-corrected chi connectivity index (χ1v) is 8.10. The number of aromatic nitrogens is 1. The molecule has 0 aliphatic rings. The number of carbonyl (C=O) groups is 2. The molecular weight excluding hydrogens is 304 g/mol. The topological polar surface area (TPSA) is 68.3 Å². The average molecular weight is 326 g/mol. The number of pyridine rings is 1. The van der Waals surface area contributed by atoms with Gasteiger partial charge < -0.3 is 10.1 Å². The SMILES string of the molecule is CCOC(=O)CCc1ccc(NC(=O)CCc2ccncc2)cc1. The molecule has 0 atom stereocenters. The number of benzene rings is 1. The molecule has 0 aliphatic carbocycles. The van der Waals surface area contributed by atoms with Gasteiger partial charge in [-0.3, -0.25) is 14.6 Å². The summed E-state index contributed by atoms with van der Waals surface area (Å²) in [5.74, 6) is -0.211. The van der Waals surface area contributed by atoms with Crippen molar-refractivity contribution in [3.63, 3.8) is 0 Å². The molecule has 5 heteroatoms. The van der Waals surface area contributed by atoms with E-state index in [1.165, 1.54) is 0 Å². The molecule has 0 bridgehead atoms. The lowest BCUT2D eigenvalue weighted by Crippen LogP contribution is -2.12. The molecule has 1 amide bonds. The molecule has 5 nitrogen and oxygen atoms in total. The van der Waals surface area contributed by atoms with E-state index in [-0.39, 0.29) is 11.9 Å². The number of ether oxygens (including phenoxy) is 1. The van der Waals surface area contributed by atoms with Crippen LogP contribution in [-0.4, -0.2) is 23.5 Å². The van der Waals surface area contributed by atoms with Crippen LogP contribution in [-0.2, 0) is 27.2 Å². The van der Waals surface area contributed by atoms with Gasteiger partial charge in [0.2, 0.25) is 5.91 Å². The molecule has 0 radical (unpaired) electrons. The van der Waals surface area contributed by atoms with Gasteiger partial charge in [0.25, 0.3) is 0 Å². The second-order valence-electron chi connectivity index (χ2n) is 5.41. The summed E-state index contributed by atoms with van der Waals surface area (Å²) < 4.78 is 4.90. The van der Waals surface area contributed by atoms with Gasteiger partial charge in [0.05, 0.1) is 6.61 Å². The molecule has 1 N–H and O–H groups in total. The van der Waals surface area contributed by atoms with E-state index in [1.54, 1.807) is 19.3 Å². The van der Waals surface area contributed by atoms with Crippen LogP contribution in [0.2, 0.25) is 0 Å². The molecule has 0 spiro atoms. The molecular formula is C19H22N2O3. The normalized spacial score (nSPS) is 10.2. The summed E-state index contributed by atoms with van der Waals surface area (Å²) in [5, 5.41) is 2.88. The number of rotatable bonds is 8. The number of aryl methyl sites for hydroxylation is 2. The highest BCUT2D eigenvalue weighted by atomic mass is 16.5. The number of nitrogens with zero attached hydrogens (tertiary/aromatic N) is 1. The molecule has 1 aromatic heterocycles. The molecule has 1 aromatic carbocycles. The summed E-state index contributed by atoms with van der Waals surface area (Å²) in [6.07, 6.45) is 5.56. The van der Waals surface area contributed by atoms with Gasteiger partial charge in [0.15, 0.2) is 0 Å². The number of amides is 1. The fourth-order valence-corrected chi connectivity index (χ4v) is 2.27. The fraction of sp³-hybridized carbons (Fsp3) is 0.316. The predicted octanol–water partition coefficient (Wildman–Crippen LogP) is 3.15. The van der Waals surface area contributed by atoms with Crippen LogP contribution < -0.4 is 5.32 Å². The first-order valence-electron chi connectivity index (χ1n) is 8.10. The third kappa shape index (κ3) is 6.20. The molecule has 24 heavy (non-hydrogen) atoms. The zero-order chi connectivity index (χ0) is 17.2. The van der Waals surface area contributed by atoms with Crippen molar-refractivity contribution in [1.82, 2.24) is 4.98 Å². The second-order valence-corrected chi connectivity index (χ2v) is 5.41. The number of esters is 1. The smallest absolute Gasteiger partial charge is 0.306 e. The maximum atomic E-state index is 12.0. The minimum Gasteiger partial charge on any atom is -0.466 e. The van der Waals surface area contributed by atoms with Crippen LogP contribution in [0.1, 0.15) is 30.9 Å². The zero-order valence-electron chi connectivity index (χ0n) is 13.8. The van der Waals surface area contributed by atoms with Gasteiger partial charge >= 0.3 is 5.97 Å². The van der Waals surface area contributed by atoms with E-state index in [0.717, 1.165) is 16.8 Å². The lowest BCUT2D eigenvalue weighted by molar-refractivity contribution is -0.143. The number of nitrogens with one attached hydrogen (secondary N) is 1. The van der Waals surface area contributed by atoms with Crippen molar-refractivity contribution in [2.75, 3.05) is 11.9 Å². The van der Waals surface area contributed by atoms with Crippen LogP contribution >= 0.6 is 0 Å². The van der Waals surface area contributed by atoms with Crippen molar-refractivity contribution in [3.8, 4) is 0 Å². The number of hydrogen-bond donors (Lipinski definition) is 1. The van der Waals surface area contributed by atoms with E-state index in [9.17, 15) is 9.59 Å².